The second-order valence-corrected chi connectivity index (χ2v) is 9.38. The van der Waals surface area contributed by atoms with Gasteiger partial charge in [-0.2, -0.15) is 0 Å². The van der Waals surface area contributed by atoms with Crippen LogP contribution in [0.4, 0.5) is 4.79 Å². The fourth-order valence-corrected chi connectivity index (χ4v) is 3.08. The van der Waals surface area contributed by atoms with Gasteiger partial charge in [0.2, 0.25) is 0 Å². The van der Waals surface area contributed by atoms with Gasteiger partial charge in [0.05, 0.1) is 0 Å². The van der Waals surface area contributed by atoms with E-state index in [0.29, 0.717) is 10.9 Å². The second kappa shape index (κ2) is 6.37. The molecule has 5 heteroatoms. The van der Waals surface area contributed by atoms with Crippen LogP contribution < -0.4 is 10.6 Å². The molecule has 1 rings (SSSR count). The van der Waals surface area contributed by atoms with Crippen LogP contribution >= 0.6 is 7.14 Å². The smallest absolute Gasteiger partial charge is 0.407 e. The molecule has 1 amide bonds. The van der Waals surface area contributed by atoms with Gasteiger partial charge in [0.15, 0.2) is 0 Å². The molecule has 0 aliphatic heterocycles. The highest BCUT2D eigenvalue weighted by molar-refractivity contribution is 7.70. The summed E-state index contributed by atoms with van der Waals surface area (Å²) in [5, 5.41) is 3.36. The Morgan fingerprint density at radius 2 is 2.00 bits per heavy atom. The summed E-state index contributed by atoms with van der Waals surface area (Å²) in [5.41, 5.74) is 0.911. The first-order chi connectivity index (χ1) is 9.53. The average molecular weight is 307 g/mol. The predicted octanol–water partition coefficient (Wildman–Crippen LogP) is 2.94. The van der Waals surface area contributed by atoms with Crippen LogP contribution in [0.15, 0.2) is 18.2 Å². The monoisotopic (exact) mass is 307 g/mol. The lowest BCUT2D eigenvalue weighted by molar-refractivity contribution is 0.0523. The number of ether oxygens (including phenoxy) is 1. The van der Waals surface area contributed by atoms with Gasteiger partial charge in [-0.05, 0) is 51.8 Å². The Labute approximate surface area is 126 Å². The zero-order valence-corrected chi connectivity index (χ0v) is 14.1. The summed E-state index contributed by atoms with van der Waals surface area (Å²) < 4.78 is 17.5. The summed E-state index contributed by atoms with van der Waals surface area (Å²) in [6, 6.07) is 5.31. The van der Waals surface area contributed by atoms with Crippen LogP contribution in [0, 0.1) is 12.3 Å². The largest absolute Gasteiger partial charge is 0.444 e. The third-order valence-electron chi connectivity index (χ3n) is 2.65. The minimum absolute atomic E-state index is 0.251. The van der Waals surface area contributed by atoms with Crippen molar-refractivity contribution in [1.82, 2.24) is 5.32 Å². The van der Waals surface area contributed by atoms with Gasteiger partial charge in [-0.25, -0.2) is 4.79 Å². The molecular formula is C16H22NO3P. The molecule has 0 radical (unpaired) electrons. The Kier molecular flexibility index (Phi) is 5.25. The second-order valence-electron chi connectivity index (χ2n) is 6.19. The van der Waals surface area contributed by atoms with Gasteiger partial charge >= 0.3 is 6.09 Å². The summed E-state index contributed by atoms with van der Waals surface area (Å²) >= 11 is 0. The standard InChI is InChI=1S/C16H22NO3P/c1-7-12-8-9-13(14(10-12)21(5,6)19)11-17-15(18)20-16(2,3)4/h1,8-10H,11H2,2-6H3,(H,17,18). The summed E-state index contributed by atoms with van der Waals surface area (Å²) in [5.74, 6) is 2.53. The first-order valence-electron chi connectivity index (χ1n) is 6.65. The number of hydrogen-bond donors (Lipinski definition) is 1. The Balaban J connectivity index is 2.92. The minimum Gasteiger partial charge on any atom is -0.444 e. The van der Waals surface area contributed by atoms with E-state index in [2.05, 4.69) is 11.2 Å². The van der Waals surface area contributed by atoms with E-state index < -0.39 is 18.8 Å². The molecule has 1 aromatic rings. The van der Waals surface area contributed by atoms with Crippen molar-refractivity contribution in [2.45, 2.75) is 32.9 Å². The highest BCUT2D eigenvalue weighted by Gasteiger charge is 2.19. The average Bonchev–Trinajstić information content (AvgIpc) is 2.33. The minimum atomic E-state index is -2.48. The number of amides is 1. The van der Waals surface area contributed by atoms with Crippen molar-refractivity contribution in [2.75, 3.05) is 13.3 Å². The molecule has 0 atom stereocenters. The van der Waals surface area contributed by atoms with E-state index >= 15 is 0 Å². The number of alkyl carbamates (subject to hydrolysis) is 1. The van der Waals surface area contributed by atoms with Gasteiger partial charge < -0.3 is 14.6 Å². The van der Waals surface area contributed by atoms with E-state index in [9.17, 15) is 9.36 Å². The van der Waals surface area contributed by atoms with E-state index in [1.807, 2.05) is 0 Å². The number of carbonyl (C=O) groups excluding carboxylic acids is 1. The zero-order valence-electron chi connectivity index (χ0n) is 13.2. The Hall–Kier alpha value is -1.72. The molecule has 1 N–H and O–H groups in total. The third-order valence-corrected chi connectivity index (χ3v) is 4.23. The molecule has 0 aliphatic carbocycles. The molecule has 0 bridgehead atoms. The summed E-state index contributed by atoms with van der Waals surface area (Å²) in [7, 11) is -2.48. The Morgan fingerprint density at radius 3 is 2.48 bits per heavy atom. The van der Waals surface area contributed by atoms with Crippen molar-refractivity contribution in [3.05, 3.63) is 29.3 Å². The molecule has 0 aliphatic rings. The summed E-state index contributed by atoms with van der Waals surface area (Å²) in [4.78, 5) is 11.7. The van der Waals surface area contributed by atoms with Gasteiger partial charge in [-0.3, -0.25) is 0 Å². The van der Waals surface area contributed by atoms with Crippen molar-refractivity contribution < 1.29 is 14.1 Å². The number of benzene rings is 1. The normalized spacial score (nSPS) is 11.6. The van der Waals surface area contributed by atoms with Crippen LogP contribution in [0.3, 0.4) is 0 Å². The molecule has 0 saturated carbocycles. The van der Waals surface area contributed by atoms with Crippen molar-refractivity contribution in [2.24, 2.45) is 0 Å². The fraction of sp³-hybridized carbons (Fsp3) is 0.438. The molecular weight excluding hydrogens is 285 g/mol. The number of terminal acetylenes is 1. The fourth-order valence-electron chi connectivity index (χ4n) is 1.79. The van der Waals surface area contributed by atoms with E-state index in [4.69, 9.17) is 11.2 Å². The lowest BCUT2D eigenvalue weighted by Gasteiger charge is -2.20. The first kappa shape index (κ1) is 17.3. The molecule has 21 heavy (non-hydrogen) atoms. The SMILES string of the molecule is C#Cc1ccc(CNC(=O)OC(C)(C)C)c(P(C)(C)=O)c1. The van der Waals surface area contributed by atoms with Crippen LogP contribution in [0.2, 0.25) is 0 Å². The molecule has 4 nitrogen and oxygen atoms in total. The zero-order chi connectivity index (χ0) is 16.3. The molecule has 0 spiro atoms. The van der Waals surface area contributed by atoms with Crippen molar-refractivity contribution in [3.8, 4) is 12.3 Å². The molecule has 1 aromatic carbocycles. The Morgan fingerprint density at radius 1 is 1.38 bits per heavy atom. The highest BCUT2D eigenvalue weighted by Crippen LogP contribution is 2.36. The maximum Gasteiger partial charge on any atom is 0.407 e. The van der Waals surface area contributed by atoms with Crippen LogP contribution in [-0.4, -0.2) is 25.0 Å². The molecule has 0 saturated heterocycles. The van der Waals surface area contributed by atoms with Crippen LogP contribution in [0.1, 0.15) is 31.9 Å². The first-order valence-corrected chi connectivity index (χ1v) is 9.25. The van der Waals surface area contributed by atoms with Crippen LogP contribution in [0.25, 0.3) is 0 Å². The number of hydrogen-bond acceptors (Lipinski definition) is 3. The molecule has 114 valence electrons. The lowest BCUT2D eigenvalue weighted by Crippen LogP contribution is -2.33. The maximum absolute atomic E-state index is 12.4. The topological polar surface area (TPSA) is 55.4 Å². The Bertz CT molecular complexity index is 617. The van der Waals surface area contributed by atoms with Gasteiger partial charge in [0.25, 0.3) is 0 Å². The van der Waals surface area contributed by atoms with Gasteiger partial charge in [-0.1, -0.05) is 12.0 Å². The predicted molar refractivity (Wildman–Crippen MR) is 86.5 cm³/mol. The van der Waals surface area contributed by atoms with E-state index in [0.717, 1.165) is 5.56 Å². The number of carbonyl (C=O) groups is 1. The molecule has 0 heterocycles. The van der Waals surface area contributed by atoms with E-state index in [1.54, 1.807) is 52.3 Å². The summed E-state index contributed by atoms with van der Waals surface area (Å²) in [6.45, 7) is 9.00. The van der Waals surface area contributed by atoms with Crippen molar-refractivity contribution >= 4 is 18.5 Å². The molecule has 0 unspecified atom stereocenters. The van der Waals surface area contributed by atoms with E-state index in [1.165, 1.54) is 0 Å². The van der Waals surface area contributed by atoms with Gasteiger partial charge in [0, 0.05) is 17.4 Å². The van der Waals surface area contributed by atoms with Gasteiger partial charge in [-0.15, -0.1) is 6.42 Å². The quantitative estimate of drug-likeness (QED) is 0.690. The maximum atomic E-state index is 12.4. The van der Waals surface area contributed by atoms with Crippen LogP contribution in [-0.2, 0) is 15.8 Å². The number of nitrogens with one attached hydrogen (secondary N) is 1. The van der Waals surface area contributed by atoms with Gasteiger partial charge in [0.1, 0.15) is 12.7 Å². The number of rotatable bonds is 3. The van der Waals surface area contributed by atoms with Crippen molar-refractivity contribution in [3.63, 3.8) is 0 Å². The highest BCUT2D eigenvalue weighted by atomic mass is 31.2. The molecule has 0 fully saturated rings. The third kappa shape index (κ3) is 5.65. The molecule has 0 aromatic heterocycles. The lowest BCUT2D eigenvalue weighted by atomic mass is 10.1. The van der Waals surface area contributed by atoms with Crippen molar-refractivity contribution in [1.29, 1.82) is 0 Å². The van der Waals surface area contributed by atoms with E-state index in [-0.39, 0.29) is 6.54 Å². The summed E-state index contributed by atoms with van der Waals surface area (Å²) in [6.07, 6.45) is 4.87. The van der Waals surface area contributed by atoms with Crippen LogP contribution in [0.5, 0.6) is 0 Å².